The lowest BCUT2D eigenvalue weighted by atomic mass is 9.88. The van der Waals surface area contributed by atoms with Gasteiger partial charge in [-0.15, -0.1) is 11.6 Å². The van der Waals surface area contributed by atoms with Crippen molar-refractivity contribution in [3.8, 4) is 0 Å². The summed E-state index contributed by atoms with van der Waals surface area (Å²) in [7, 11) is 0. The predicted molar refractivity (Wildman–Crippen MR) is 134 cm³/mol. The fourth-order valence-corrected chi connectivity index (χ4v) is 7.03. The van der Waals surface area contributed by atoms with Gasteiger partial charge in [-0.2, -0.15) is 15.1 Å². The number of fused-ring (bicyclic) bond motifs is 1. The average Bonchev–Trinajstić information content (AvgIpc) is 3.43. The highest BCUT2D eigenvalue weighted by Crippen LogP contribution is 2.34. The van der Waals surface area contributed by atoms with Gasteiger partial charge in [0.25, 0.3) is 5.91 Å². The SMILES string of the molecule is CC1CCCCC1OCC1=NN2C(=N)/C(=C\C3CCCN3C3CCCC(Cl)C3)C(=O)N=C2S1. The number of alkyl halides is 1. The number of carbonyl (C=O) groups excluding carboxylic acids is 1. The molecule has 7 nitrogen and oxygen atoms in total. The highest BCUT2D eigenvalue weighted by molar-refractivity contribution is 8.27. The first-order chi connectivity index (χ1) is 16.0. The largest absolute Gasteiger partial charge is 0.371 e. The third kappa shape index (κ3) is 5.09. The van der Waals surface area contributed by atoms with Crippen LogP contribution in [0.5, 0.6) is 0 Å². The predicted octanol–water partition coefficient (Wildman–Crippen LogP) is 4.76. The van der Waals surface area contributed by atoms with Gasteiger partial charge in [0.05, 0.1) is 18.3 Å². The van der Waals surface area contributed by atoms with Crippen molar-refractivity contribution in [3.63, 3.8) is 0 Å². The van der Waals surface area contributed by atoms with E-state index in [1.54, 1.807) is 0 Å². The summed E-state index contributed by atoms with van der Waals surface area (Å²) in [6.45, 7) is 3.68. The Kier molecular flexibility index (Phi) is 7.26. The third-order valence-electron chi connectivity index (χ3n) is 7.70. The second kappa shape index (κ2) is 10.2. The van der Waals surface area contributed by atoms with Crippen LogP contribution in [0.3, 0.4) is 0 Å². The van der Waals surface area contributed by atoms with Crippen LogP contribution in [0.4, 0.5) is 0 Å². The third-order valence-corrected chi connectivity index (χ3v) is 8.98. The van der Waals surface area contributed by atoms with Crippen LogP contribution in [0.15, 0.2) is 21.7 Å². The second-order valence-electron chi connectivity index (χ2n) is 10.0. The second-order valence-corrected chi connectivity index (χ2v) is 11.7. The molecule has 0 spiro atoms. The van der Waals surface area contributed by atoms with Gasteiger partial charge in [0, 0.05) is 17.5 Å². The van der Waals surface area contributed by atoms with Crippen LogP contribution in [-0.4, -0.2) is 68.6 Å². The maximum Gasteiger partial charge on any atom is 0.283 e. The average molecular weight is 492 g/mol. The van der Waals surface area contributed by atoms with Crippen LogP contribution in [0, 0.1) is 11.3 Å². The quantitative estimate of drug-likeness (QED) is 0.443. The first kappa shape index (κ1) is 23.5. The lowest BCUT2D eigenvalue weighted by Gasteiger charge is -2.36. The van der Waals surface area contributed by atoms with Crippen LogP contribution >= 0.6 is 23.4 Å². The van der Waals surface area contributed by atoms with Gasteiger partial charge >= 0.3 is 0 Å². The summed E-state index contributed by atoms with van der Waals surface area (Å²) in [6, 6.07) is 0.617. The van der Waals surface area contributed by atoms with E-state index in [2.05, 4.69) is 21.9 Å². The molecule has 33 heavy (non-hydrogen) atoms. The maximum atomic E-state index is 12.9. The molecule has 5 rings (SSSR count). The number of nitrogens with one attached hydrogen (secondary N) is 1. The van der Waals surface area contributed by atoms with Crippen molar-refractivity contribution in [2.24, 2.45) is 16.0 Å². The number of carbonyl (C=O) groups is 1. The number of hydrogen-bond donors (Lipinski definition) is 1. The number of aliphatic imine (C=N–C) groups is 1. The van der Waals surface area contributed by atoms with Gasteiger partial charge in [-0.25, -0.2) is 0 Å². The number of thioether (sulfide) groups is 1. The Hall–Kier alpha value is -1.22. The molecule has 1 saturated heterocycles. The molecular weight excluding hydrogens is 458 g/mol. The highest BCUT2D eigenvalue weighted by Gasteiger charge is 2.38. The van der Waals surface area contributed by atoms with Crippen molar-refractivity contribution in [2.75, 3.05) is 13.2 Å². The van der Waals surface area contributed by atoms with Crippen molar-refractivity contribution in [1.82, 2.24) is 9.91 Å². The molecule has 1 amide bonds. The summed E-state index contributed by atoms with van der Waals surface area (Å²) in [5, 5.41) is 16.3. The van der Waals surface area contributed by atoms with Crippen LogP contribution in [0.25, 0.3) is 0 Å². The molecule has 0 aromatic heterocycles. The van der Waals surface area contributed by atoms with E-state index in [1.165, 1.54) is 36.0 Å². The van der Waals surface area contributed by atoms with E-state index < -0.39 is 0 Å². The number of hydrogen-bond acceptors (Lipinski definition) is 6. The van der Waals surface area contributed by atoms with E-state index in [4.69, 9.17) is 21.7 Å². The van der Waals surface area contributed by atoms with E-state index in [1.807, 2.05) is 6.08 Å². The molecule has 9 heteroatoms. The topological polar surface area (TPSA) is 81.4 Å². The van der Waals surface area contributed by atoms with E-state index in [0.717, 1.165) is 56.5 Å². The maximum absolute atomic E-state index is 12.9. The lowest BCUT2D eigenvalue weighted by Crippen LogP contribution is -2.42. The normalized spacial score (nSPS) is 36.8. The summed E-state index contributed by atoms with van der Waals surface area (Å²) in [5.74, 6) is 0.361. The van der Waals surface area contributed by atoms with Gasteiger partial charge in [-0.05, 0) is 69.2 Å². The van der Waals surface area contributed by atoms with Gasteiger partial charge in [0.15, 0.2) is 5.84 Å². The molecule has 5 atom stereocenters. The van der Waals surface area contributed by atoms with Crippen molar-refractivity contribution in [3.05, 3.63) is 11.6 Å². The highest BCUT2D eigenvalue weighted by atomic mass is 35.5. The molecule has 0 bridgehead atoms. The summed E-state index contributed by atoms with van der Waals surface area (Å²) in [4.78, 5) is 19.6. The Bertz CT molecular complexity index is 890. The van der Waals surface area contributed by atoms with Crippen molar-refractivity contribution < 1.29 is 9.53 Å². The van der Waals surface area contributed by atoms with Gasteiger partial charge in [0.1, 0.15) is 5.04 Å². The zero-order chi connectivity index (χ0) is 22.9. The number of likely N-dealkylation sites (tertiary alicyclic amines) is 1. The molecule has 3 heterocycles. The summed E-state index contributed by atoms with van der Waals surface area (Å²) >= 11 is 7.80. The Morgan fingerprint density at radius 1 is 1.18 bits per heavy atom. The van der Waals surface area contributed by atoms with Gasteiger partial charge in [0.2, 0.25) is 5.17 Å². The van der Waals surface area contributed by atoms with Crippen molar-refractivity contribution in [2.45, 2.75) is 94.7 Å². The molecule has 0 aromatic rings. The standard InChI is InChI=1S/C24H34ClN5O2S/c1-15-6-2-3-10-20(15)32-14-21-28-30-22(26)19(23(31)27-24(30)33-21)13-18-9-5-11-29(18)17-8-4-7-16(25)12-17/h13,15-18,20,26H,2-12,14H2,1H3/b19-13+,26-22?. The number of nitrogens with zero attached hydrogens (tertiary/aromatic N) is 4. The first-order valence-electron chi connectivity index (χ1n) is 12.5. The van der Waals surface area contributed by atoms with Gasteiger partial charge < -0.3 is 4.74 Å². The minimum atomic E-state index is -0.331. The molecule has 3 fully saturated rings. The van der Waals surface area contributed by atoms with Crippen LogP contribution in [0.2, 0.25) is 0 Å². The molecule has 180 valence electrons. The van der Waals surface area contributed by atoms with Crippen molar-refractivity contribution in [1.29, 1.82) is 5.41 Å². The minimum Gasteiger partial charge on any atom is -0.371 e. The Balaban J connectivity index is 1.27. The lowest BCUT2D eigenvalue weighted by molar-refractivity contribution is -0.114. The molecule has 2 aliphatic carbocycles. The molecule has 1 N–H and O–H groups in total. The Labute approximate surface area is 205 Å². The number of rotatable bonds is 5. The monoisotopic (exact) mass is 491 g/mol. The van der Waals surface area contributed by atoms with Gasteiger partial charge in [-0.1, -0.05) is 32.3 Å². The molecule has 2 saturated carbocycles. The van der Waals surface area contributed by atoms with E-state index >= 15 is 0 Å². The summed E-state index contributed by atoms with van der Waals surface area (Å²) in [6.07, 6.45) is 13.5. The fraction of sp³-hybridized carbons (Fsp3) is 0.750. The van der Waals surface area contributed by atoms with E-state index in [0.29, 0.717) is 29.3 Å². The molecular formula is C24H34ClN5O2S. The smallest absolute Gasteiger partial charge is 0.283 e. The fourth-order valence-electron chi connectivity index (χ4n) is 5.86. The molecule has 5 aliphatic rings. The Morgan fingerprint density at radius 2 is 2.03 bits per heavy atom. The molecule has 5 unspecified atom stereocenters. The zero-order valence-electron chi connectivity index (χ0n) is 19.3. The van der Waals surface area contributed by atoms with E-state index in [-0.39, 0.29) is 29.3 Å². The minimum absolute atomic E-state index is 0.129. The van der Waals surface area contributed by atoms with Crippen LogP contribution in [-0.2, 0) is 9.53 Å². The number of amides is 1. The first-order valence-corrected chi connectivity index (χ1v) is 13.8. The van der Waals surface area contributed by atoms with Crippen molar-refractivity contribution >= 4 is 45.3 Å². The van der Waals surface area contributed by atoms with Crippen LogP contribution < -0.4 is 0 Å². The number of ether oxygens (including phenoxy) is 1. The van der Waals surface area contributed by atoms with Crippen LogP contribution in [0.1, 0.15) is 71.1 Å². The molecule has 0 radical (unpaired) electrons. The number of halogens is 1. The number of amidine groups is 2. The summed E-state index contributed by atoms with van der Waals surface area (Å²) in [5.41, 5.74) is 0.362. The summed E-state index contributed by atoms with van der Waals surface area (Å²) < 4.78 is 6.15. The Morgan fingerprint density at radius 3 is 2.85 bits per heavy atom. The van der Waals surface area contributed by atoms with Gasteiger partial charge in [-0.3, -0.25) is 15.1 Å². The van der Waals surface area contributed by atoms with E-state index in [9.17, 15) is 4.79 Å². The number of hydrazone groups is 1. The molecule has 0 aromatic carbocycles. The molecule has 3 aliphatic heterocycles. The zero-order valence-corrected chi connectivity index (χ0v) is 20.9.